The Kier molecular flexibility index (Phi) is 6.14. The van der Waals surface area contributed by atoms with Gasteiger partial charge in [-0.3, -0.25) is 4.99 Å². The summed E-state index contributed by atoms with van der Waals surface area (Å²) in [6.07, 6.45) is 0.374. The second-order valence-electron chi connectivity index (χ2n) is 7.20. The van der Waals surface area contributed by atoms with E-state index in [1.165, 1.54) is 6.07 Å². The molecule has 32 heavy (non-hydrogen) atoms. The number of hydrogen-bond donors (Lipinski definition) is 1. The number of aryl methyl sites for hydroxylation is 1. The van der Waals surface area contributed by atoms with Gasteiger partial charge in [0, 0.05) is 22.6 Å². The molecule has 4 rings (SSSR count). The molecular formula is C24H23NO6S. The maximum absolute atomic E-state index is 12.6. The predicted octanol–water partition coefficient (Wildman–Crippen LogP) is 5.04. The lowest BCUT2D eigenvalue weighted by Crippen LogP contribution is -2.17. The van der Waals surface area contributed by atoms with Gasteiger partial charge in [-0.15, -0.1) is 11.8 Å². The van der Waals surface area contributed by atoms with Crippen LogP contribution in [0.15, 0.2) is 61.6 Å². The zero-order chi connectivity index (χ0) is 22.8. The van der Waals surface area contributed by atoms with Gasteiger partial charge in [-0.2, -0.15) is 0 Å². The fourth-order valence-electron chi connectivity index (χ4n) is 3.70. The van der Waals surface area contributed by atoms with Crippen molar-refractivity contribution in [1.82, 2.24) is 0 Å². The number of aliphatic imine (C=N–C) groups is 1. The number of fused-ring (bicyclic) bond motifs is 1. The molecule has 166 valence electrons. The van der Waals surface area contributed by atoms with Crippen LogP contribution in [0, 0.1) is 6.92 Å². The van der Waals surface area contributed by atoms with E-state index in [0.29, 0.717) is 35.1 Å². The van der Waals surface area contributed by atoms with Crippen molar-refractivity contribution in [2.75, 3.05) is 21.3 Å². The van der Waals surface area contributed by atoms with Gasteiger partial charge in [0.25, 0.3) is 0 Å². The molecule has 1 atom stereocenters. The highest BCUT2D eigenvalue weighted by Gasteiger charge is 2.28. The van der Waals surface area contributed by atoms with Crippen LogP contribution in [0.5, 0.6) is 23.0 Å². The van der Waals surface area contributed by atoms with Gasteiger partial charge in [0.2, 0.25) is 5.75 Å². The molecule has 0 amide bonds. The van der Waals surface area contributed by atoms with Gasteiger partial charge < -0.3 is 23.7 Å². The molecule has 0 saturated carbocycles. The van der Waals surface area contributed by atoms with Crippen molar-refractivity contribution < 1.29 is 23.7 Å². The Bertz CT molecular complexity index is 1220. The average Bonchev–Trinajstić information content (AvgIpc) is 2.96. The molecule has 0 spiro atoms. The van der Waals surface area contributed by atoms with Crippen LogP contribution in [0.3, 0.4) is 0 Å². The Labute approximate surface area is 189 Å². The molecule has 1 unspecified atom stereocenters. The van der Waals surface area contributed by atoms with E-state index >= 15 is 0 Å². The maximum atomic E-state index is 12.6. The Morgan fingerprint density at radius 1 is 1.06 bits per heavy atom. The number of para-hydroxylation sites is 1. The highest BCUT2D eigenvalue weighted by atomic mass is 32.2. The average molecular weight is 454 g/mol. The van der Waals surface area contributed by atoms with Crippen molar-refractivity contribution in [1.29, 1.82) is 0 Å². The second-order valence-corrected chi connectivity index (χ2v) is 8.44. The third-order valence-corrected chi connectivity index (χ3v) is 6.49. The van der Waals surface area contributed by atoms with E-state index in [1.807, 2.05) is 36.4 Å². The summed E-state index contributed by atoms with van der Waals surface area (Å²) in [6, 6.07) is 12.9. The molecule has 1 N–H and O–H groups in total. The number of rotatable bonds is 5. The van der Waals surface area contributed by atoms with Gasteiger partial charge >= 0.3 is 5.63 Å². The largest absolute Gasteiger partial charge is 0.507 e. The van der Waals surface area contributed by atoms with Crippen molar-refractivity contribution in [3.05, 3.63) is 69.8 Å². The first kappa shape index (κ1) is 21.8. The topological polar surface area (TPSA) is 90.5 Å². The molecule has 2 heterocycles. The van der Waals surface area contributed by atoms with Gasteiger partial charge in [0.1, 0.15) is 17.1 Å². The molecule has 3 aromatic rings. The number of nitrogens with zero attached hydrogens (tertiary/aromatic N) is 1. The zero-order valence-electron chi connectivity index (χ0n) is 18.2. The lowest BCUT2D eigenvalue weighted by Gasteiger charge is -2.20. The molecule has 1 aromatic heterocycles. The molecular weight excluding hydrogens is 430 g/mol. The van der Waals surface area contributed by atoms with E-state index in [-0.39, 0.29) is 16.6 Å². The highest BCUT2D eigenvalue weighted by Crippen LogP contribution is 2.49. The third kappa shape index (κ3) is 4.05. The molecule has 7 nitrogen and oxygen atoms in total. The van der Waals surface area contributed by atoms with Crippen molar-refractivity contribution >= 4 is 23.2 Å². The molecule has 2 aromatic carbocycles. The molecule has 1 aliphatic heterocycles. The standard InChI is InChI=1S/C24H23NO6S/c1-13-9-17(26)22(24(27)31-13)16-12-21(32-20-8-6-5-7-15(20)25-16)14-10-18(28-2)23(30-4)19(11-14)29-3/h5-11,21,26H,12H2,1-4H3. The molecule has 1 aliphatic rings. The van der Waals surface area contributed by atoms with Crippen LogP contribution in [0.4, 0.5) is 5.69 Å². The first-order chi connectivity index (χ1) is 15.4. The van der Waals surface area contributed by atoms with Crippen molar-refractivity contribution in [2.45, 2.75) is 23.5 Å². The minimum Gasteiger partial charge on any atom is -0.507 e. The fraction of sp³-hybridized carbons (Fsp3) is 0.250. The van der Waals surface area contributed by atoms with Crippen molar-refractivity contribution in [3.63, 3.8) is 0 Å². The normalized spacial score (nSPS) is 15.4. The van der Waals surface area contributed by atoms with Crippen molar-refractivity contribution in [3.8, 4) is 23.0 Å². The number of benzene rings is 2. The maximum Gasteiger partial charge on any atom is 0.348 e. The fourth-order valence-corrected chi connectivity index (χ4v) is 4.91. The first-order valence-electron chi connectivity index (χ1n) is 9.92. The minimum atomic E-state index is -0.616. The lowest BCUT2D eigenvalue weighted by atomic mass is 10.0. The van der Waals surface area contributed by atoms with Crippen LogP contribution < -0.4 is 19.8 Å². The zero-order valence-corrected chi connectivity index (χ0v) is 19.0. The molecule has 0 aliphatic carbocycles. The number of methoxy groups -OCH3 is 3. The lowest BCUT2D eigenvalue weighted by molar-refractivity contribution is 0.324. The molecule has 0 saturated heterocycles. The third-order valence-electron chi connectivity index (χ3n) is 5.17. The highest BCUT2D eigenvalue weighted by molar-refractivity contribution is 7.99. The second kappa shape index (κ2) is 9.00. The Balaban J connectivity index is 1.88. The van der Waals surface area contributed by atoms with Gasteiger partial charge in [0.15, 0.2) is 11.5 Å². The predicted molar refractivity (Wildman–Crippen MR) is 123 cm³/mol. The first-order valence-corrected chi connectivity index (χ1v) is 10.8. The van der Waals surface area contributed by atoms with Crippen molar-refractivity contribution in [2.24, 2.45) is 4.99 Å². The summed E-state index contributed by atoms with van der Waals surface area (Å²) in [5, 5.41) is 10.4. The molecule has 0 fully saturated rings. The monoisotopic (exact) mass is 453 g/mol. The van der Waals surface area contributed by atoms with E-state index in [9.17, 15) is 9.90 Å². The minimum absolute atomic E-state index is 0.0744. The molecule has 8 heteroatoms. The molecule has 0 radical (unpaired) electrons. The summed E-state index contributed by atoms with van der Waals surface area (Å²) in [6.45, 7) is 1.61. The van der Waals surface area contributed by atoms with E-state index in [2.05, 4.69) is 0 Å². The quantitative estimate of drug-likeness (QED) is 0.579. The summed E-state index contributed by atoms with van der Waals surface area (Å²) < 4.78 is 21.8. The van der Waals surface area contributed by atoms with Gasteiger partial charge in [-0.1, -0.05) is 12.1 Å². The van der Waals surface area contributed by atoms with Crippen LogP contribution in [0.25, 0.3) is 0 Å². The van der Waals surface area contributed by atoms with Gasteiger partial charge in [0.05, 0.1) is 32.7 Å². The summed E-state index contributed by atoms with van der Waals surface area (Å²) in [4.78, 5) is 18.3. The Hall–Kier alpha value is -3.39. The SMILES string of the molecule is COc1cc(C2CC(c3c(O)cc(C)oc3=O)=Nc3ccccc3S2)cc(OC)c1OC. The number of ether oxygens (including phenoxy) is 3. The Morgan fingerprint density at radius 3 is 2.38 bits per heavy atom. The van der Waals surface area contributed by atoms with Gasteiger partial charge in [-0.05, 0) is 36.8 Å². The summed E-state index contributed by atoms with van der Waals surface area (Å²) in [5.41, 5.74) is 1.54. The summed E-state index contributed by atoms with van der Waals surface area (Å²) in [7, 11) is 4.69. The Morgan fingerprint density at radius 2 is 1.75 bits per heavy atom. The smallest absolute Gasteiger partial charge is 0.348 e. The van der Waals surface area contributed by atoms with E-state index in [0.717, 1.165) is 16.1 Å². The van der Waals surface area contributed by atoms with E-state index < -0.39 is 5.63 Å². The van der Waals surface area contributed by atoms with Crippen LogP contribution in [0.1, 0.15) is 28.6 Å². The number of hydrogen-bond acceptors (Lipinski definition) is 8. The van der Waals surface area contributed by atoms with Crippen LogP contribution >= 0.6 is 11.8 Å². The van der Waals surface area contributed by atoms with Gasteiger partial charge in [-0.25, -0.2) is 4.79 Å². The van der Waals surface area contributed by atoms with E-state index in [1.54, 1.807) is 40.0 Å². The van der Waals surface area contributed by atoms with Crippen LogP contribution in [-0.2, 0) is 0 Å². The van der Waals surface area contributed by atoms with E-state index in [4.69, 9.17) is 23.6 Å². The number of aromatic hydroxyl groups is 1. The van der Waals surface area contributed by atoms with Crippen LogP contribution in [0.2, 0.25) is 0 Å². The summed E-state index contributed by atoms with van der Waals surface area (Å²) in [5.74, 6) is 1.77. The molecule has 0 bridgehead atoms. The number of thioether (sulfide) groups is 1. The summed E-state index contributed by atoms with van der Waals surface area (Å²) >= 11 is 1.62. The van der Waals surface area contributed by atoms with Crippen LogP contribution in [-0.4, -0.2) is 32.1 Å².